The summed E-state index contributed by atoms with van der Waals surface area (Å²) >= 11 is 3.43. The molecule has 3 nitrogen and oxygen atoms in total. The van der Waals surface area contributed by atoms with Crippen LogP contribution < -0.4 is 5.32 Å². The quantitative estimate of drug-likeness (QED) is 0.905. The van der Waals surface area contributed by atoms with Crippen molar-refractivity contribution in [2.24, 2.45) is 0 Å². The third-order valence-corrected chi connectivity index (χ3v) is 3.30. The lowest BCUT2D eigenvalue weighted by Crippen LogP contribution is -2.34. The van der Waals surface area contributed by atoms with Gasteiger partial charge in [-0.3, -0.25) is 0 Å². The highest BCUT2D eigenvalue weighted by Crippen LogP contribution is 2.19. The summed E-state index contributed by atoms with van der Waals surface area (Å²) in [5.41, 5.74) is 0. The second-order valence-electron chi connectivity index (χ2n) is 3.54. The highest BCUT2D eigenvalue weighted by atomic mass is 79.9. The lowest BCUT2D eigenvalue weighted by atomic mass is 10.1. The zero-order valence-corrected chi connectivity index (χ0v) is 9.71. The molecule has 4 heteroatoms. The fraction of sp³-hybridized carbons (Fsp3) is 0.600. The van der Waals surface area contributed by atoms with Crippen molar-refractivity contribution in [2.45, 2.75) is 32.0 Å². The molecular formula is C10H14BrNO2. The number of rotatable bonds is 3. The molecule has 0 bridgehead atoms. The van der Waals surface area contributed by atoms with Crippen molar-refractivity contribution in [1.29, 1.82) is 0 Å². The van der Waals surface area contributed by atoms with Crippen LogP contribution >= 0.6 is 15.9 Å². The van der Waals surface area contributed by atoms with E-state index in [1.165, 1.54) is 0 Å². The van der Waals surface area contributed by atoms with E-state index in [0.29, 0.717) is 12.1 Å². The normalized spacial score (nSPS) is 27.0. The lowest BCUT2D eigenvalue weighted by Gasteiger charge is -2.14. The molecule has 0 aromatic carbocycles. The van der Waals surface area contributed by atoms with Crippen LogP contribution in [-0.2, 0) is 11.3 Å². The average Bonchev–Trinajstić information content (AvgIpc) is 2.72. The maximum Gasteiger partial charge on any atom is 0.131 e. The smallest absolute Gasteiger partial charge is 0.131 e. The molecule has 0 saturated carbocycles. The fourth-order valence-electron chi connectivity index (χ4n) is 1.67. The molecule has 2 heterocycles. The number of halogens is 1. The molecule has 0 radical (unpaired) electrons. The molecule has 0 aliphatic carbocycles. The maximum absolute atomic E-state index is 5.46. The SMILES string of the molecule is CC1OCCC1NCc1occc1Br. The summed E-state index contributed by atoms with van der Waals surface area (Å²) in [6.45, 7) is 3.71. The Morgan fingerprint density at radius 3 is 3.07 bits per heavy atom. The third kappa shape index (κ3) is 2.19. The van der Waals surface area contributed by atoms with Crippen LogP contribution in [0.1, 0.15) is 19.1 Å². The van der Waals surface area contributed by atoms with E-state index in [9.17, 15) is 0 Å². The first-order chi connectivity index (χ1) is 6.77. The van der Waals surface area contributed by atoms with Gasteiger partial charge in [-0.05, 0) is 35.3 Å². The summed E-state index contributed by atoms with van der Waals surface area (Å²) < 4.78 is 11.8. The van der Waals surface area contributed by atoms with Gasteiger partial charge in [-0.25, -0.2) is 0 Å². The second kappa shape index (κ2) is 4.47. The highest BCUT2D eigenvalue weighted by molar-refractivity contribution is 9.10. The molecular weight excluding hydrogens is 246 g/mol. The molecule has 1 saturated heterocycles. The van der Waals surface area contributed by atoms with Gasteiger partial charge in [0.2, 0.25) is 0 Å². The van der Waals surface area contributed by atoms with Crippen LogP contribution in [-0.4, -0.2) is 18.8 Å². The van der Waals surface area contributed by atoms with Crippen molar-refractivity contribution in [3.05, 3.63) is 22.6 Å². The van der Waals surface area contributed by atoms with E-state index in [4.69, 9.17) is 9.15 Å². The standard InChI is InChI=1S/C10H14BrNO2/c1-7-9(3-5-13-7)12-6-10-8(11)2-4-14-10/h2,4,7,9,12H,3,5-6H2,1H3. The van der Waals surface area contributed by atoms with E-state index in [1.807, 2.05) is 6.07 Å². The van der Waals surface area contributed by atoms with E-state index in [2.05, 4.69) is 28.2 Å². The predicted molar refractivity (Wildman–Crippen MR) is 57.1 cm³/mol. The first kappa shape index (κ1) is 10.2. The Kier molecular flexibility index (Phi) is 3.26. The van der Waals surface area contributed by atoms with Crippen molar-refractivity contribution < 1.29 is 9.15 Å². The Hall–Kier alpha value is -0.320. The molecule has 1 aromatic heterocycles. The van der Waals surface area contributed by atoms with Crippen LogP contribution in [0.3, 0.4) is 0 Å². The minimum atomic E-state index is 0.309. The van der Waals surface area contributed by atoms with Crippen LogP contribution in [0, 0.1) is 0 Å². The Morgan fingerprint density at radius 1 is 1.64 bits per heavy atom. The Balaban J connectivity index is 1.85. The Bertz CT molecular complexity index is 300. The number of ether oxygens (including phenoxy) is 1. The van der Waals surface area contributed by atoms with Gasteiger partial charge >= 0.3 is 0 Å². The maximum atomic E-state index is 5.46. The van der Waals surface area contributed by atoms with Crippen molar-refractivity contribution in [2.75, 3.05) is 6.61 Å². The second-order valence-corrected chi connectivity index (χ2v) is 4.40. The van der Waals surface area contributed by atoms with Gasteiger partial charge in [0, 0.05) is 12.6 Å². The Morgan fingerprint density at radius 2 is 2.50 bits per heavy atom. The number of hydrogen-bond donors (Lipinski definition) is 1. The summed E-state index contributed by atoms with van der Waals surface area (Å²) in [7, 11) is 0. The van der Waals surface area contributed by atoms with Gasteiger partial charge < -0.3 is 14.5 Å². The van der Waals surface area contributed by atoms with Gasteiger partial charge in [0.1, 0.15) is 5.76 Å². The molecule has 1 aliphatic heterocycles. The average molecular weight is 260 g/mol. The Labute approximate surface area is 91.9 Å². The van der Waals surface area contributed by atoms with Gasteiger partial charge in [0.25, 0.3) is 0 Å². The van der Waals surface area contributed by atoms with E-state index in [0.717, 1.165) is 29.8 Å². The number of hydrogen-bond acceptors (Lipinski definition) is 3. The molecule has 14 heavy (non-hydrogen) atoms. The molecule has 1 N–H and O–H groups in total. The van der Waals surface area contributed by atoms with Crippen LogP contribution in [0.25, 0.3) is 0 Å². The van der Waals surface area contributed by atoms with Crippen molar-refractivity contribution in [3.8, 4) is 0 Å². The zero-order chi connectivity index (χ0) is 9.97. The van der Waals surface area contributed by atoms with Crippen molar-refractivity contribution in [3.63, 3.8) is 0 Å². The molecule has 1 fully saturated rings. The third-order valence-electron chi connectivity index (χ3n) is 2.59. The lowest BCUT2D eigenvalue weighted by molar-refractivity contribution is 0.112. The molecule has 2 unspecified atom stereocenters. The van der Waals surface area contributed by atoms with Gasteiger partial charge in [-0.2, -0.15) is 0 Å². The van der Waals surface area contributed by atoms with Gasteiger partial charge in [0.15, 0.2) is 0 Å². The molecule has 78 valence electrons. The first-order valence-electron chi connectivity index (χ1n) is 4.84. The minimum absolute atomic E-state index is 0.309. The summed E-state index contributed by atoms with van der Waals surface area (Å²) in [5, 5.41) is 3.43. The van der Waals surface area contributed by atoms with E-state index >= 15 is 0 Å². The molecule has 0 amide bonds. The van der Waals surface area contributed by atoms with E-state index in [1.54, 1.807) is 6.26 Å². The van der Waals surface area contributed by atoms with Crippen LogP contribution in [0.2, 0.25) is 0 Å². The van der Waals surface area contributed by atoms with Gasteiger partial charge in [-0.1, -0.05) is 0 Å². The zero-order valence-electron chi connectivity index (χ0n) is 8.13. The number of nitrogens with one attached hydrogen (secondary N) is 1. The van der Waals surface area contributed by atoms with Gasteiger partial charge in [-0.15, -0.1) is 0 Å². The van der Waals surface area contributed by atoms with Crippen LogP contribution in [0.5, 0.6) is 0 Å². The summed E-state index contributed by atoms with van der Waals surface area (Å²) in [4.78, 5) is 0. The largest absolute Gasteiger partial charge is 0.467 e. The van der Waals surface area contributed by atoms with Crippen molar-refractivity contribution >= 4 is 15.9 Å². The van der Waals surface area contributed by atoms with E-state index < -0.39 is 0 Å². The summed E-state index contributed by atoms with van der Waals surface area (Å²) in [5.74, 6) is 0.948. The van der Waals surface area contributed by atoms with Crippen molar-refractivity contribution in [1.82, 2.24) is 5.32 Å². The summed E-state index contributed by atoms with van der Waals surface area (Å²) in [6, 6.07) is 2.36. The summed E-state index contributed by atoms with van der Waals surface area (Å²) in [6.07, 6.45) is 3.08. The molecule has 2 atom stereocenters. The highest BCUT2D eigenvalue weighted by Gasteiger charge is 2.23. The fourth-order valence-corrected chi connectivity index (χ4v) is 2.02. The minimum Gasteiger partial charge on any atom is -0.467 e. The predicted octanol–water partition coefficient (Wildman–Crippen LogP) is 2.31. The first-order valence-corrected chi connectivity index (χ1v) is 5.63. The topological polar surface area (TPSA) is 34.4 Å². The number of furan rings is 1. The van der Waals surface area contributed by atoms with E-state index in [-0.39, 0.29) is 0 Å². The molecule has 1 aromatic rings. The molecule has 1 aliphatic rings. The molecule has 2 rings (SSSR count). The van der Waals surface area contributed by atoms with Crippen LogP contribution in [0.4, 0.5) is 0 Å². The monoisotopic (exact) mass is 259 g/mol. The van der Waals surface area contributed by atoms with Gasteiger partial charge in [0.05, 0.1) is 23.4 Å². The molecule has 0 spiro atoms. The van der Waals surface area contributed by atoms with Crippen LogP contribution in [0.15, 0.2) is 21.2 Å².